The van der Waals surface area contributed by atoms with Gasteiger partial charge in [0.2, 0.25) is 5.91 Å². The van der Waals surface area contributed by atoms with E-state index in [9.17, 15) is 4.79 Å². The normalized spacial score (nSPS) is 16.6. The van der Waals surface area contributed by atoms with Crippen molar-refractivity contribution in [1.29, 1.82) is 0 Å². The maximum Gasteiger partial charge on any atom is 0.246 e. The topological polar surface area (TPSA) is 68.0 Å². The minimum atomic E-state index is -0.647. The number of rotatable bonds is 3. The summed E-state index contributed by atoms with van der Waals surface area (Å²) < 4.78 is 0. The van der Waals surface area contributed by atoms with Crippen LogP contribution in [0.3, 0.4) is 0 Å². The van der Waals surface area contributed by atoms with Crippen LogP contribution in [0.15, 0.2) is 17.5 Å². The zero-order valence-corrected chi connectivity index (χ0v) is 11.5. The number of anilines is 1. The summed E-state index contributed by atoms with van der Waals surface area (Å²) in [6.07, 6.45) is 1.53. The standard InChI is InChI=1S/C12H13N3OS2/c1-7-2-3-9(18-7)8-6-17-11(14-8)15-10(16)12(13)4-5-12/h2-3,6H,4-5,13H2,1H3,(H,14,15,16). The minimum absolute atomic E-state index is 0.120. The Morgan fingerprint density at radius 2 is 2.28 bits per heavy atom. The number of nitrogens with zero attached hydrogens (tertiary/aromatic N) is 1. The predicted octanol–water partition coefficient (Wildman–Crippen LogP) is 2.61. The van der Waals surface area contributed by atoms with Gasteiger partial charge in [-0.15, -0.1) is 22.7 Å². The van der Waals surface area contributed by atoms with E-state index in [2.05, 4.69) is 23.3 Å². The predicted molar refractivity (Wildman–Crippen MR) is 74.9 cm³/mol. The summed E-state index contributed by atoms with van der Waals surface area (Å²) in [5, 5.41) is 5.37. The number of thiazole rings is 1. The second kappa shape index (κ2) is 4.15. The van der Waals surface area contributed by atoms with Gasteiger partial charge in [-0.2, -0.15) is 0 Å². The molecule has 6 heteroatoms. The molecule has 0 radical (unpaired) electrons. The SMILES string of the molecule is Cc1ccc(-c2csc(NC(=O)C3(N)CC3)n2)s1. The van der Waals surface area contributed by atoms with Gasteiger partial charge in [0.15, 0.2) is 5.13 Å². The monoisotopic (exact) mass is 279 g/mol. The van der Waals surface area contributed by atoms with Crippen molar-refractivity contribution in [2.24, 2.45) is 5.73 Å². The zero-order chi connectivity index (χ0) is 12.8. The molecule has 18 heavy (non-hydrogen) atoms. The molecule has 0 bridgehead atoms. The molecular weight excluding hydrogens is 266 g/mol. The Hall–Kier alpha value is -1.24. The Morgan fingerprint density at radius 3 is 2.89 bits per heavy atom. The molecule has 0 unspecified atom stereocenters. The number of aromatic nitrogens is 1. The van der Waals surface area contributed by atoms with E-state index >= 15 is 0 Å². The molecule has 94 valence electrons. The fourth-order valence-corrected chi connectivity index (χ4v) is 3.21. The van der Waals surface area contributed by atoms with Crippen LogP contribution in [0.4, 0.5) is 5.13 Å². The lowest BCUT2D eigenvalue weighted by molar-refractivity contribution is -0.118. The average molecular weight is 279 g/mol. The number of amides is 1. The largest absolute Gasteiger partial charge is 0.317 e. The summed E-state index contributed by atoms with van der Waals surface area (Å²) in [5.74, 6) is -0.120. The van der Waals surface area contributed by atoms with Gasteiger partial charge in [-0.05, 0) is 31.9 Å². The molecule has 3 rings (SSSR count). The van der Waals surface area contributed by atoms with Gasteiger partial charge in [0.1, 0.15) is 0 Å². The molecule has 4 nitrogen and oxygen atoms in total. The van der Waals surface area contributed by atoms with E-state index < -0.39 is 5.54 Å². The van der Waals surface area contributed by atoms with Gasteiger partial charge in [0, 0.05) is 10.3 Å². The maximum atomic E-state index is 11.8. The van der Waals surface area contributed by atoms with Crippen LogP contribution in [0.5, 0.6) is 0 Å². The van der Waals surface area contributed by atoms with E-state index in [1.807, 2.05) is 11.4 Å². The first-order valence-corrected chi connectivity index (χ1v) is 7.39. The third-order valence-corrected chi connectivity index (χ3v) is 4.74. The Morgan fingerprint density at radius 1 is 1.50 bits per heavy atom. The van der Waals surface area contributed by atoms with Crippen molar-refractivity contribution < 1.29 is 4.79 Å². The number of carbonyl (C=O) groups is 1. The molecule has 0 aromatic carbocycles. The summed E-state index contributed by atoms with van der Waals surface area (Å²) in [7, 11) is 0. The van der Waals surface area contributed by atoms with Crippen LogP contribution in [0.2, 0.25) is 0 Å². The van der Waals surface area contributed by atoms with E-state index in [-0.39, 0.29) is 5.91 Å². The molecule has 1 aliphatic rings. The highest BCUT2D eigenvalue weighted by Crippen LogP contribution is 2.35. The molecule has 1 fully saturated rings. The summed E-state index contributed by atoms with van der Waals surface area (Å²) in [6.45, 7) is 2.06. The third kappa shape index (κ3) is 2.19. The third-order valence-electron chi connectivity index (χ3n) is 2.96. The molecule has 1 aliphatic carbocycles. The Kier molecular flexibility index (Phi) is 2.73. The van der Waals surface area contributed by atoms with Crippen molar-refractivity contribution in [2.75, 3.05) is 5.32 Å². The number of aryl methyl sites for hydroxylation is 1. The van der Waals surface area contributed by atoms with E-state index in [1.54, 1.807) is 11.3 Å². The smallest absolute Gasteiger partial charge is 0.246 e. The van der Waals surface area contributed by atoms with E-state index in [1.165, 1.54) is 16.2 Å². The van der Waals surface area contributed by atoms with E-state index in [0.29, 0.717) is 5.13 Å². The summed E-state index contributed by atoms with van der Waals surface area (Å²) in [4.78, 5) is 18.6. The zero-order valence-electron chi connectivity index (χ0n) is 9.90. The van der Waals surface area contributed by atoms with Crippen LogP contribution in [0, 0.1) is 6.92 Å². The lowest BCUT2D eigenvalue weighted by atomic mass is 10.3. The number of nitrogens with two attached hydrogens (primary N) is 1. The maximum absolute atomic E-state index is 11.8. The number of hydrogen-bond acceptors (Lipinski definition) is 5. The number of thiophene rings is 1. The molecule has 3 N–H and O–H groups in total. The molecule has 1 saturated carbocycles. The molecule has 1 amide bonds. The molecule has 0 saturated heterocycles. The number of hydrogen-bond donors (Lipinski definition) is 2. The minimum Gasteiger partial charge on any atom is -0.317 e. The van der Waals surface area contributed by atoms with Crippen molar-refractivity contribution >= 4 is 33.7 Å². The highest BCUT2D eigenvalue weighted by molar-refractivity contribution is 7.17. The molecule has 2 heterocycles. The van der Waals surface area contributed by atoms with Gasteiger partial charge in [-0.25, -0.2) is 4.98 Å². The van der Waals surface area contributed by atoms with Crippen molar-refractivity contribution in [2.45, 2.75) is 25.3 Å². The van der Waals surface area contributed by atoms with Crippen molar-refractivity contribution in [1.82, 2.24) is 4.98 Å². The Bertz CT molecular complexity index is 598. The molecular formula is C12H13N3OS2. The lowest BCUT2D eigenvalue weighted by Gasteiger charge is -2.06. The molecule has 0 spiro atoms. The molecule has 2 aromatic heterocycles. The van der Waals surface area contributed by atoms with Crippen molar-refractivity contribution in [3.05, 3.63) is 22.4 Å². The first kappa shape index (κ1) is 11.8. The van der Waals surface area contributed by atoms with Gasteiger partial charge >= 0.3 is 0 Å². The summed E-state index contributed by atoms with van der Waals surface area (Å²) in [6, 6.07) is 4.11. The van der Waals surface area contributed by atoms with Gasteiger partial charge < -0.3 is 11.1 Å². The fraction of sp³-hybridized carbons (Fsp3) is 0.333. The quantitative estimate of drug-likeness (QED) is 0.907. The highest BCUT2D eigenvalue weighted by atomic mass is 32.1. The van der Waals surface area contributed by atoms with Crippen LogP contribution >= 0.6 is 22.7 Å². The Balaban J connectivity index is 1.75. The van der Waals surface area contributed by atoms with Crippen LogP contribution in [0.1, 0.15) is 17.7 Å². The summed E-state index contributed by atoms with van der Waals surface area (Å²) >= 11 is 3.13. The first-order valence-electron chi connectivity index (χ1n) is 5.69. The van der Waals surface area contributed by atoms with Gasteiger partial charge in [0.25, 0.3) is 0 Å². The second-order valence-corrected chi connectivity index (χ2v) is 6.70. The summed E-state index contributed by atoms with van der Waals surface area (Å²) in [5.41, 5.74) is 6.09. The van der Waals surface area contributed by atoms with E-state index in [4.69, 9.17) is 5.73 Å². The fourth-order valence-electron chi connectivity index (χ4n) is 1.60. The van der Waals surface area contributed by atoms with Gasteiger partial charge in [-0.1, -0.05) is 0 Å². The van der Waals surface area contributed by atoms with Crippen LogP contribution in [0.25, 0.3) is 10.6 Å². The van der Waals surface area contributed by atoms with Crippen LogP contribution in [-0.2, 0) is 4.79 Å². The molecule has 0 aliphatic heterocycles. The molecule has 2 aromatic rings. The van der Waals surface area contributed by atoms with Gasteiger partial charge in [-0.3, -0.25) is 4.79 Å². The highest BCUT2D eigenvalue weighted by Gasteiger charge is 2.46. The van der Waals surface area contributed by atoms with Crippen molar-refractivity contribution in [3.63, 3.8) is 0 Å². The van der Waals surface area contributed by atoms with Crippen LogP contribution < -0.4 is 11.1 Å². The average Bonchev–Trinajstić information content (AvgIpc) is 2.78. The lowest BCUT2D eigenvalue weighted by Crippen LogP contribution is -2.37. The Labute approximate surface area is 113 Å². The number of nitrogens with one attached hydrogen (secondary N) is 1. The van der Waals surface area contributed by atoms with Crippen LogP contribution in [-0.4, -0.2) is 16.4 Å². The molecule has 0 atom stereocenters. The first-order chi connectivity index (χ1) is 8.57. The van der Waals surface area contributed by atoms with E-state index in [0.717, 1.165) is 23.4 Å². The number of carbonyl (C=O) groups excluding carboxylic acids is 1. The second-order valence-electron chi connectivity index (χ2n) is 4.56. The van der Waals surface area contributed by atoms with Crippen molar-refractivity contribution in [3.8, 4) is 10.6 Å². The van der Waals surface area contributed by atoms with Gasteiger partial charge in [0.05, 0.1) is 16.1 Å².